The highest BCUT2D eigenvalue weighted by atomic mass is 16.7. The number of allylic oxidation sites excluding steroid dienone is 8. The third-order valence-corrected chi connectivity index (χ3v) is 9.18. The number of hydrogen-bond donors (Lipinski definition) is 0. The Hall–Kier alpha value is -3.65. The van der Waals surface area contributed by atoms with Crippen LogP contribution < -0.4 is 9.47 Å². The third-order valence-electron chi connectivity index (χ3n) is 9.18. The molecule has 0 radical (unpaired) electrons. The molecular weight excluding hydrogens is 703 g/mol. The smallest absolute Gasteiger partial charge is 0.433 e. The molecule has 0 aliphatic heterocycles. The predicted molar refractivity (Wildman–Crippen MR) is 231 cm³/mol. The van der Waals surface area contributed by atoms with Crippen molar-refractivity contribution in [1.29, 1.82) is 0 Å². The van der Waals surface area contributed by atoms with Gasteiger partial charge in [-0.1, -0.05) is 127 Å². The maximum absolute atomic E-state index is 12.7. The first-order chi connectivity index (χ1) is 27.3. The quantitative estimate of drug-likeness (QED) is 0.0291. The summed E-state index contributed by atoms with van der Waals surface area (Å²) in [6.45, 7) is 5.12. The normalized spacial score (nSPS) is 11.8. The molecule has 0 fully saturated rings. The van der Waals surface area contributed by atoms with Gasteiger partial charge in [-0.15, -0.1) is 0 Å². The van der Waals surface area contributed by atoms with E-state index >= 15 is 0 Å². The molecule has 8 nitrogen and oxygen atoms in total. The molecule has 0 amide bonds. The Labute approximate surface area is 341 Å². The van der Waals surface area contributed by atoms with Crippen LogP contribution >= 0.6 is 0 Å². The average molecular weight is 780 g/mol. The van der Waals surface area contributed by atoms with Gasteiger partial charge in [-0.3, -0.25) is 9.59 Å². The van der Waals surface area contributed by atoms with Crippen LogP contribution in [0.2, 0.25) is 0 Å². The molecule has 0 aromatic heterocycles. The summed E-state index contributed by atoms with van der Waals surface area (Å²) in [5.74, 6) is -0.197. The topological polar surface area (TPSA) is 91.4 Å². The van der Waals surface area contributed by atoms with Gasteiger partial charge >= 0.3 is 18.1 Å². The van der Waals surface area contributed by atoms with Crippen molar-refractivity contribution < 1.29 is 33.3 Å². The van der Waals surface area contributed by atoms with Gasteiger partial charge in [0.15, 0.2) is 0 Å². The maximum atomic E-state index is 12.7. The van der Waals surface area contributed by atoms with Crippen molar-refractivity contribution in [3.63, 3.8) is 0 Å². The molecular formula is C48H77NO7. The molecule has 0 heterocycles. The molecule has 0 bridgehead atoms. The Balaban J connectivity index is 2.46. The van der Waals surface area contributed by atoms with E-state index in [0.29, 0.717) is 24.9 Å². The van der Waals surface area contributed by atoms with Gasteiger partial charge in [0.1, 0.15) is 24.7 Å². The molecule has 1 rings (SSSR count). The maximum Gasteiger partial charge on any atom is 0.508 e. The van der Waals surface area contributed by atoms with E-state index in [1.165, 1.54) is 51.4 Å². The van der Waals surface area contributed by atoms with Gasteiger partial charge < -0.3 is 23.8 Å². The molecule has 1 aromatic carbocycles. The molecule has 56 heavy (non-hydrogen) atoms. The van der Waals surface area contributed by atoms with Gasteiger partial charge in [0.05, 0.1) is 0 Å². The van der Waals surface area contributed by atoms with E-state index in [0.717, 1.165) is 89.9 Å². The summed E-state index contributed by atoms with van der Waals surface area (Å²) in [7, 11) is 3.77. The van der Waals surface area contributed by atoms with E-state index in [-0.39, 0.29) is 36.7 Å². The van der Waals surface area contributed by atoms with Crippen LogP contribution in [-0.2, 0) is 25.7 Å². The summed E-state index contributed by atoms with van der Waals surface area (Å²) in [4.78, 5) is 39.5. The average Bonchev–Trinajstić information content (AvgIpc) is 3.16. The van der Waals surface area contributed by atoms with Crippen LogP contribution in [0.3, 0.4) is 0 Å². The van der Waals surface area contributed by atoms with Crippen molar-refractivity contribution in [3.8, 4) is 11.5 Å². The molecule has 0 saturated heterocycles. The van der Waals surface area contributed by atoms with Crippen molar-refractivity contribution in [2.24, 2.45) is 0 Å². The zero-order valence-corrected chi connectivity index (χ0v) is 35.7. The lowest BCUT2D eigenvalue weighted by Gasteiger charge is -2.12. The van der Waals surface area contributed by atoms with E-state index in [9.17, 15) is 14.4 Å². The molecule has 0 unspecified atom stereocenters. The fourth-order valence-electron chi connectivity index (χ4n) is 5.85. The summed E-state index contributed by atoms with van der Waals surface area (Å²) in [5.41, 5.74) is 0.525. The second kappa shape index (κ2) is 37.0. The Morgan fingerprint density at radius 2 is 0.929 bits per heavy atom. The molecule has 8 heteroatoms. The lowest BCUT2D eigenvalue weighted by atomic mass is 10.1. The second-order valence-electron chi connectivity index (χ2n) is 14.9. The minimum Gasteiger partial charge on any atom is -0.433 e. The van der Waals surface area contributed by atoms with Gasteiger partial charge in [0.2, 0.25) is 0 Å². The molecule has 1 aromatic rings. The van der Waals surface area contributed by atoms with E-state index in [2.05, 4.69) is 62.5 Å². The Bertz CT molecular complexity index is 1190. The highest BCUT2D eigenvalue weighted by Crippen LogP contribution is 2.25. The minimum atomic E-state index is -0.796. The number of hydrogen-bond acceptors (Lipinski definition) is 8. The van der Waals surface area contributed by atoms with E-state index in [1.54, 1.807) is 18.2 Å². The third kappa shape index (κ3) is 32.6. The standard InChI is InChI=1S/C48H77NO7/c1-5-7-9-11-13-15-17-19-21-23-25-27-29-31-33-35-46(50)55-44-39-43(42-54-48(52)53-38-37-49(3)4)40-45(41-44)56-47(51)36-34-32-30-28-26-24-22-20-18-16-14-12-10-8-6-2/h13-16,19-22,39-41H,5-12,17-18,23-38,42H2,1-4H3. The fraction of sp³-hybridized carbons (Fsp3) is 0.646. The second-order valence-corrected chi connectivity index (χ2v) is 14.9. The van der Waals surface area contributed by atoms with Crippen molar-refractivity contribution in [1.82, 2.24) is 4.90 Å². The van der Waals surface area contributed by atoms with Crippen LogP contribution in [-0.4, -0.2) is 50.2 Å². The van der Waals surface area contributed by atoms with Gasteiger partial charge in [-0.2, -0.15) is 0 Å². The van der Waals surface area contributed by atoms with Crippen molar-refractivity contribution in [2.75, 3.05) is 27.2 Å². The number of ether oxygens (including phenoxy) is 4. The fourth-order valence-corrected chi connectivity index (χ4v) is 5.85. The van der Waals surface area contributed by atoms with Crippen LogP contribution in [0, 0.1) is 0 Å². The number of unbranched alkanes of at least 4 members (excludes halogenated alkanes) is 16. The zero-order chi connectivity index (χ0) is 40.7. The zero-order valence-electron chi connectivity index (χ0n) is 35.7. The van der Waals surface area contributed by atoms with Crippen molar-refractivity contribution in [2.45, 2.75) is 175 Å². The monoisotopic (exact) mass is 780 g/mol. The summed E-state index contributed by atoms with van der Waals surface area (Å²) in [5, 5.41) is 0. The van der Waals surface area contributed by atoms with Crippen LogP contribution in [0.1, 0.15) is 174 Å². The minimum absolute atomic E-state index is 0.118. The van der Waals surface area contributed by atoms with Gasteiger partial charge in [-0.25, -0.2) is 4.79 Å². The van der Waals surface area contributed by atoms with E-state index < -0.39 is 6.16 Å². The van der Waals surface area contributed by atoms with Crippen LogP contribution in [0.15, 0.2) is 66.8 Å². The van der Waals surface area contributed by atoms with Crippen LogP contribution in [0.25, 0.3) is 0 Å². The van der Waals surface area contributed by atoms with Gasteiger partial charge in [0, 0.05) is 25.5 Å². The number of rotatable bonds is 35. The number of esters is 2. The highest BCUT2D eigenvalue weighted by molar-refractivity contribution is 5.74. The lowest BCUT2D eigenvalue weighted by molar-refractivity contribution is -0.135. The summed E-state index contributed by atoms with van der Waals surface area (Å²) >= 11 is 0. The first-order valence-electron chi connectivity index (χ1n) is 21.9. The molecule has 0 spiro atoms. The predicted octanol–water partition coefficient (Wildman–Crippen LogP) is 13.3. The molecule has 0 aliphatic rings. The summed E-state index contributed by atoms with van der Waals surface area (Å²) < 4.78 is 21.7. The molecule has 0 saturated carbocycles. The number of likely N-dealkylation sites (N-methyl/N-ethyl adjacent to an activating group) is 1. The largest absolute Gasteiger partial charge is 0.508 e. The number of carbonyl (C=O) groups excluding carboxylic acids is 3. The van der Waals surface area contributed by atoms with Crippen molar-refractivity contribution in [3.05, 3.63) is 72.4 Å². The Kier molecular flexibility index (Phi) is 33.2. The molecule has 0 N–H and O–H groups in total. The lowest BCUT2D eigenvalue weighted by Crippen LogP contribution is -2.20. The Morgan fingerprint density at radius 3 is 1.36 bits per heavy atom. The molecule has 316 valence electrons. The van der Waals surface area contributed by atoms with Crippen LogP contribution in [0.4, 0.5) is 4.79 Å². The molecule has 0 atom stereocenters. The highest BCUT2D eigenvalue weighted by Gasteiger charge is 2.13. The van der Waals surface area contributed by atoms with Crippen molar-refractivity contribution >= 4 is 18.1 Å². The van der Waals surface area contributed by atoms with Gasteiger partial charge in [0.25, 0.3) is 0 Å². The Morgan fingerprint density at radius 1 is 0.518 bits per heavy atom. The van der Waals surface area contributed by atoms with E-state index in [4.69, 9.17) is 18.9 Å². The number of carbonyl (C=O) groups is 3. The SMILES string of the molecule is CCCCCC=CCC=CCCCCCCCC(=O)Oc1cc(COC(=O)OCCN(C)C)cc(OC(=O)CCCCCCCC=CCC=CCCCCC)c1. The number of benzene rings is 1. The van der Waals surface area contributed by atoms with Gasteiger partial charge in [-0.05, 0) is 109 Å². The van der Waals surface area contributed by atoms with Crippen LogP contribution in [0.5, 0.6) is 11.5 Å². The first kappa shape index (κ1) is 50.4. The summed E-state index contributed by atoms with van der Waals surface area (Å²) in [6, 6.07) is 4.79. The first-order valence-corrected chi connectivity index (χ1v) is 21.9. The molecule has 0 aliphatic carbocycles. The number of nitrogens with zero attached hydrogens (tertiary/aromatic N) is 1. The van der Waals surface area contributed by atoms with E-state index in [1.807, 2.05) is 19.0 Å². The summed E-state index contributed by atoms with van der Waals surface area (Å²) in [6.07, 6.45) is 42.3.